The van der Waals surface area contributed by atoms with Gasteiger partial charge in [-0.15, -0.1) is 0 Å². The molecule has 0 unspecified atom stereocenters. The number of anilines is 3. The average Bonchev–Trinajstić information content (AvgIpc) is 2.94. The van der Waals surface area contributed by atoms with E-state index in [1.807, 2.05) is 12.1 Å². The molecule has 0 aliphatic rings. The minimum absolute atomic E-state index is 0.262. The number of ether oxygens (including phenoxy) is 2. The predicted octanol–water partition coefficient (Wildman–Crippen LogP) is 1.70. The zero-order valence-electron chi connectivity index (χ0n) is 11.5. The summed E-state index contributed by atoms with van der Waals surface area (Å²) >= 11 is 0. The number of fused-ring (bicyclic) bond motifs is 1. The zero-order valence-corrected chi connectivity index (χ0v) is 11.5. The first-order valence-corrected chi connectivity index (χ1v) is 6.15. The average molecular weight is 286 g/mol. The Morgan fingerprint density at radius 1 is 1.19 bits per heavy atom. The molecule has 0 bridgehead atoms. The number of hydrogen-bond acceptors (Lipinski definition) is 7. The van der Waals surface area contributed by atoms with Gasteiger partial charge in [0.1, 0.15) is 12.1 Å². The Bertz CT molecular complexity index is 785. The Kier molecular flexibility index (Phi) is 3.19. The summed E-state index contributed by atoms with van der Waals surface area (Å²) in [7, 11) is 3.10. The monoisotopic (exact) mass is 286 g/mol. The topological polar surface area (TPSA) is 111 Å². The SMILES string of the molecule is COc1cc2[nH]ncc2cc1Nc1ncnc(N)c1OC. The number of benzene rings is 1. The van der Waals surface area contributed by atoms with Crippen molar-refractivity contribution >= 4 is 28.2 Å². The highest BCUT2D eigenvalue weighted by molar-refractivity contribution is 5.87. The maximum Gasteiger partial charge on any atom is 0.204 e. The van der Waals surface area contributed by atoms with E-state index in [4.69, 9.17) is 15.2 Å². The maximum atomic E-state index is 5.77. The summed E-state index contributed by atoms with van der Waals surface area (Å²) in [6.07, 6.45) is 3.09. The molecular weight excluding hydrogens is 272 g/mol. The van der Waals surface area contributed by atoms with Gasteiger partial charge in [-0.05, 0) is 6.07 Å². The fourth-order valence-corrected chi connectivity index (χ4v) is 2.04. The van der Waals surface area contributed by atoms with E-state index in [0.29, 0.717) is 17.3 Å². The van der Waals surface area contributed by atoms with Gasteiger partial charge >= 0.3 is 0 Å². The van der Waals surface area contributed by atoms with E-state index in [1.165, 1.54) is 13.4 Å². The van der Waals surface area contributed by atoms with Crippen LogP contribution in [-0.2, 0) is 0 Å². The number of aromatic nitrogens is 4. The van der Waals surface area contributed by atoms with Gasteiger partial charge < -0.3 is 20.5 Å². The number of nitrogen functional groups attached to an aromatic ring is 1. The Labute approximate surface area is 120 Å². The van der Waals surface area contributed by atoms with Crippen LogP contribution in [0, 0.1) is 0 Å². The maximum absolute atomic E-state index is 5.77. The van der Waals surface area contributed by atoms with E-state index in [1.54, 1.807) is 13.3 Å². The van der Waals surface area contributed by atoms with Gasteiger partial charge in [0.05, 0.1) is 31.6 Å². The number of rotatable bonds is 4. The first-order chi connectivity index (χ1) is 10.2. The standard InChI is InChI=1S/C13H14N6O2/c1-20-10-4-8-7(5-17-19-8)3-9(10)18-13-11(21-2)12(14)15-6-16-13/h3-6H,1-2H3,(H,17,19)(H3,14,15,16,18). The van der Waals surface area contributed by atoms with Crippen LogP contribution in [-0.4, -0.2) is 34.4 Å². The fourth-order valence-electron chi connectivity index (χ4n) is 2.04. The van der Waals surface area contributed by atoms with Crippen LogP contribution in [0.25, 0.3) is 10.9 Å². The number of nitrogens with one attached hydrogen (secondary N) is 2. The Morgan fingerprint density at radius 2 is 2.05 bits per heavy atom. The molecule has 0 radical (unpaired) electrons. The van der Waals surface area contributed by atoms with Crippen molar-refractivity contribution in [2.45, 2.75) is 0 Å². The molecule has 4 N–H and O–H groups in total. The Morgan fingerprint density at radius 3 is 2.81 bits per heavy atom. The van der Waals surface area contributed by atoms with Crippen molar-refractivity contribution < 1.29 is 9.47 Å². The number of hydrogen-bond donors (Lipinski definition) is 3. The molecule has 0 aliphatic carbocycles. The van der Waals surface area contributed by atoms with Gasteiger partial charge in [0.15, 0.2) is 11.6 Å². The van der Waals surface area contributed by atoms with Gasteiger partial charge in [0, 0.05) is 11.5 Å². The second kappa shape index (κ2) is 5.16. The summed E-state index contributed by atoms with van der Waals surface area (Å²) < 4.78 is 10.6. The van der Waals surface area contributed by atoms with Gasteiger partial charge in [-0.1, -0.05) is 0 Å². The van der Waals surface area contributed by atoms with Crippen LogP contribution in [0.1, 0.15) is 0 Å². The molecule has 8 heteroatoms. The van der Waals surface area contributed by atoms with Crippen LogP contribution in [0.3, 0.4) is 0 Å². The number of methoxy groups -OCH3 is 2. The number of nitrogens with two attached hydrogens (primary N) is 1. The molecule has 0 aliphatic heterocycles. The minimum atomic E-state index is 0.262. The van der Waals surface area contributed by atoms with Crippen molar-refractivity contribution in [3.8, 4) is 11.5 Å². The van der Waals surface area contributed by atoms with Crippen LogP contribution in [0.15, 0.2) is 24.7 Å². The lowest BCUT2D eigenvalue weighted by molar-refractivity contribution is 0.414. The van der Waals surface area contributed by atoms with Crippen LogP contribution in [0.2, 0.25) is 0 Å². The quantitative estimate of drug-likeness (QED) is 0.669. The lowest BCUT2D eigenvalue weighted by atomic mass is 10.2. The summed E-state index contributed by atoms with van der Waals surface area (Å²) in [5.74, 6) is 1.75. The van der Waals surface area contributed by atoms with Gasteiger partial charge in [-0.3, -0.25) is 5.10 Å². The van der Waals surface area contributed by atoms with E-state index in [2.05, 4.69) is 25.5 Å². The predicted molar refractivity (Wildman–Crippen MR) is 78.9 cm³/mol. The van der Waals surface area contributed by atoms with Gasteiger partial charge in [-0.25, -0.2) is 9.97 Å². The molecule has 0 saturated carbocycles. The third-order valence-electron chi connectivity index (χ3n) is 3.05. The van der Waals surface area contributed by atoms with E-state index >= 15 is 0 Å². The minimum Gasteiger partial charge on any atom is -0.494 e. The lowest BCUT2D eigenvalue weighted by Crippen LogP contribution is -2.03. The summed E-state index contributed by atoms with van der Waals surface area (Å²) in [5, 5.41) is 11.0. The van der Waals surface area contributed by atoms with Crippen LogP contribution < -0.4 is 20.5 Å². The van der Waals surface area contributed by atoms with Crippen molar-refractivity contribution in [1.29, 1.82) is 0 Å². The molecule has 2 aromatic heterocycles. The van der Waals surface area contributed by atoms with Crippen LogP contribution >= 0.6 is 0 Å². The van der Waals surface area contributed by atoms with Gasteiger partial charge in [-0.2, -0.15) is 5.10 Å². The molecule has 0 atom stereocenters. The molecule has 3 rings (SSSR count). The van der Waals surface area contributed by atoms with E-state index in [-0.39, 0.29) is 5.82 Å². The molecule has 1 aromatic carbocycles. The van der Waals surface area contributed by atoms with Crippen LogP contribution in [0.5, 0.6) is 11.5 Å². The fraction of sp³-hybridized carbons (Fsp3) is 0.154. The summed E-state index contributed by atoms with van der Waals surface area (Å²) in [6.45, 7) is 0. The van der Waals surface area contributed by atoms with E-state index < -0.39 is 0 Å². The Hall–Kier alpha value is -3.03. The highest BCUT2D eigenvalue weighted by Gasteiger charge is 2.13. The first-order valence-electron chi connectivity index (χ1n) is 6.15. The molecule has 0 fully saturated rings. The van der Waals surface area contributed by atoms with Crippen molar-refractivity contribution in [2.75, 3.05) is 25.3 Å². The third-order valence-corrected chi connectivity index (χ3v) is 3.05. The van der Waals surface area contributed by atoms with Crippen molar-refractivity contribution in [3.63, 3.8) is 0 Å². The highest BCUT2D eigenvalue weighted by Crippen LogP contribution is 2.35. The first kappa shape index (κ1) is 13.0. The third kappa shape index (κ3) is 2.27. The smallest absolute Gasteiger partial charge is 0.204 e. The molecule has 108 valence electrons. The van der Waals surface area contributed by atoms with Crippen molar-refractivity contribution in [1.82, 2.24) is 20.2 Å². The molecular formula is C13H14N6O2. The zero-order chi connectivity index (χ0) is 14.8. The van der Waals surface area contributed by atoms with Gasteiger partial charge in [0.25, 0.3) is 0 Å². The second-order valence-corrected chi connectivity index (χ2v) is 4.28. The van der Waals surface area contributed by atoms with Crippen LogP contribution in [0.4, 0.5) is 17.3 Å². The molecule has 8 nitrogen and oxygen atoms in total. The highest BCUT2D eigenvalue weighted by atomic mass is 16.5. The largest absolute Gasteiger partial charge is 0.494 e. The number of aromatic amines is 1. The molecule has 3 aromatic rings. The van der Waals surface area contributed by atoms with E-state index in [0.717, 1.165) is 16.6 Å². The molecule has 0 amide bonds. The Balaban J connectivity index is 2.06. The molecule has 21 heavy (non-hydrogen) atoms. The van der Waals surface area contributed by atoms with Gasteiger partial charge in [0.2, 0.25) is 5.75 Å². The summed E-state index contributed by atoms with van der Waals surface area (Å²) in [4.78, 5) is 8.03. The normalized spacial score (nSPS) is 10.6. The number of H-pyrrole nitrogens is 1. The van der Waals surface area contributed by atoms with Crippen molar-refractivity contribution in [3.05, 3.63) is 24.7 Å². The summed E-state index contributed by atoms with van der Waals surface area (Å²) in [5.41, 5.74) is 7.37. The molecule has 2 heterocycles. The van der Waals surface area contributed by atoms with Crippen molar-refractivity contribution in [2.24, 2.45) is 0 Å². The molecule has 0 saturated heterocycles. The molecule has 0 spiro atoms. The lowest BCUT2D eigenvalue weighted by Gasteiger charge is -2.13. The number of nitrogens with zero attached hydrogens (tertiary/aromatic N) is 3. The second-order valence-electron chi connectivity index (χ2n) is 4.28. The van der Waals surface area contributed by atoms with E-state index in [9.17, 15) is 0 Å². The summed E-state index contributed by atoms with van der Waals surface area (Å²) in [6, 6.07) is 3.75.